The van der Waals surface area contributed by atoms with E-state index >= 15 is 0 Å². The molecule has 146 valence electrons. The Kier molecular flexibility index (Phi) is 5.92. The molecule has 0 saturated heterocycles. The molecule has 0 aliphatic carbocycles. The van der Waals surface area contributed by atoms with Crippen molar-refractivity contribution < 1.29 is 9.53 Å². The van der Waals surface area contributed by atoms with Crippen LogP contribution in [0.4, 0.5) is 0 Å². The van der Waals surface area contributed by atoms with Crippen molar-refractivity contribution in [3.05, 3.63) is 83.7 Å². The molecule has 0 atom stereocenters. The number of nitrogens with one attached hydrogen (secondary N) is 1. The number of aromatic amines is 1. The Morgan fingerprint density at radius 2 is 1.59 bits per heavy atom. The number of benzene rings is 2. The van der Waals surface area contributed by atoms with Gasteiger partial charge in [-0.3, -0.25) is 4.79 Å². The molecule has 4 heteroatoms. The molecule has 2 aromatic heterocycles. The van der Waals surface area contributed by atoms with E-state index in [-0.39, 0.29) is 5.97 Å². The molecule has 2 heterocycles. The molecule has 29 heavy (non-hydrogen) atoms. The number of rotatable bonds is 7. The molecule has 4 rings (SSSR count). The molecule has 0 saturated carbocycles. The van der Waals surface area contributed by atoms with Gasteiger partial charge in [-0.25, -0.2) is 0 Å². The lowest BCUT2D eigenvalue weighted by Gasteiger charge is -2.09. The second kappa shape index (κ2) is 8.93. The van der Waals surface area contributed by atoms with Crippen molar-refractivity contribution in [2.75, 3.05) is 6.61 Å². The molecule has 0 spiro atoms. The Bertz CT molecular complexity index is 1070. The Morgan fingerprint density at radius 3 is 2.21 bits per heavy atom. The highest BCUT2D eigenvalue weighted by molar-refractivity contribution is 7.13. The van der Waals surface area contributed by atoms with E-state index < -0.39 is 0 Å². The average Bonchev–Trinajstić information content (AvgIpc) is 3.41. The molecular weight excluding hydrogens is 378 g/mol. The van der Waals surface area contributed by atoms with Crippen LogP contribution in [0.15, 0.2) is 78.2 Å². The van der Waals surface area contributed by atoms with Crippen LogP contribution in [0.2, 0.25) is 0 Å². The zero-order valence-electron chi connectivity index (χ0n) is 16.4. The predicted molar refractivity (Wildman–Crippen MR) is 120 cm³/mol. The number of carbonyl (C=O) groups is 1. The largest absolute Gasteiger partial charge is 0.466 e. The maximum Gasteiger partial charge on any atom is 0.306 e. The summed E-state index contributed by atoms with van der Waals surface area (Å²) in [6.07, 6.45) is 0.977. The first-order chi connectivity index (χ1) is 14.3. The van der Waals surface area contributed by atoms with Gasteiger partial charge in [-0.15, -0.1) is 11.3 Å². The highest BCUT2D eigenvalue weighted by Gasteiger charge is 2.22. The number of hydrogen-bond donors (Lipinski definition) is 1. The van der Waals surface area contributed by atoms with Crippen molar-refractivity contribution in [1.82, 2.24) is 4.98 Å². The second-order valence-corrected chi connectivity index (χ2v) is 7.69. The highest BCUT2D eigenvalue weighted by Crippen LogP contribution is 2.42. The van der Waals surface area contributed by atoms with Crippen LogP contribution in [0.1, 0.15) is 18.9 Å². The van der Waals surface area contributed by atoms with Crippen molar-refractivity contribution in [1.29, 1.82) is 0 Å². The summed E-state index contributed by atoms with van der Waals surface area (Å²) < 4.78 is 5.19. The van der Waals surface area contributed by atoms with E-state index in [0.717, 1.165) is 33.6 Å². The van der Waals surface area contributed by atoms with E-state index in [1.165, 1.54) is 4.88 Å². The first-order valence-electron chi connectivity index (χ1n) is 9.83. The predicted octanol–water partition coefficient (Wildman–Crippen LogP) is 6.57. The van der Waals surface area contributed by atoms with E-state index in [4.69, 9.17) is 4.74 Å². The minimum atomic E-state index is -0.163. The maximum atomic E-state index is 12.1. The van der Waals surface area contributed by atoms with Crippen LogP contribution in [-0.4, -0.2) is 17.6 Å². The summed E-state index contributed by atoms with van der Waals surface area (Å²) in [5.74, 6) is -0.163. The first kappa shape index (κ1) is 19.2. The van der Waals surface area contributed by atoms with Gasteiger partial charge >= 0.3 is 5.97 Å². The summed E-state index contributed by atoms with van der Waals surface area (Å²) in [5.41, 5.74) is 6.75. The van der Waals surface area contributed by atoms with Crippen molar-refractivity contribution in [3.63, 3.8) is 0 Å². The monoisotopic (exact) mass is 401 g/mol. The fourth-order valence-corrected chi connectivity index (χ4v) is 4.36. The van der Waals surface area contributed by atoms with Crippen LogP contribution in [0.25, 0.3) is 33.0 Å². The Balaban J connectivity index is 1.90. The molecule has 0 radical (unpaired) electrons. The summed E-state index contributed by atoms with van der Waals surface area (Å²) in [4.78, 5) is 17.0. The number of ether oxygens (including phenoxy) is 1. The molecule has 1 N–H and O–H groups in total. The summed E-state index contributed by atoms with van der Waals surface area (Å²) >= 11 is 1.71. The van der Waals surface area contributed by atoms with Gasteiger partial charge in [0.05, 0.1) is 17.2 Å². The molecule has 2 aromatic carbocycles. The van der Waals surface area contributed by atoms with Crippen LogP contribution >= 0.6 is 11.3 Å². The molecule has 4 aromatic rings. The first-order valence-corrected chi connectivity index (χ1v) is 10.7. The van der Waals surface area contributed by atoms with Crippen LogP contribution in [-0.2, 0) is 16.0 Å². The minimum Gasteiger partial charge on any atom is -0.466 e. The fraction of sp³-hybridized carbons (Fsp3) is 0.160. The van der Waals surface area contributed by atoms with Gasteiger partial charge in [0.25, 0.3) is 0 Å². The normalized spacial score (nSPS) is 10.8. The number of H-pyrrole nitrogens is 1. The summed E-state index contributed by atoms with van der Waals surface area (Å²) in [7, 11) is 0. The van der Waals surface area contributed by atoms with E-state index in [1.807, 2.05) is 31.2 Å². The number of esters is 1. The number of thiophene rings is 1. The SMILES string of the molecule is CCOC(=O)CCc1c(-c2ccccc2)[nH]c(-c2cccs2)c1-c1ccccc1. The molecule has 0 aliphatic rings. The second-order valence-electron chi connectivity index (χ2n) is 6.74. The van der Waals surface area contributed by atoms with Gasteiger partial charge in [-0.1, -0.05) is 66.7 Å². The van der Waals surface area contributed by atoms with Gasteiger partial charge in [0.15, 0.2) is 0 Å². The number of carbonyl (C=O) groups excluding carboxylic acids is 1. The summed E-state index contributed by atoms with van der Waals surface area (Å²) in [6.45, 7) is 2.25. The number of hydrogen-bond acceptors (Lipinski definition) is 3. The Labute approximate surface area is 175 Å². The molecule has 3 nitrogen and oxygen atoms in total. The lowest BCUT2D eigenvalue weighted by atomic mass is 9.94. The van der Waals surface area contributed by atoms with Crippen LogP contribution in [0, 0.1) is 0 Å². The van der Waals surface area contributed by atoms with Crippen LogP contribution in [0.3, 0.4) is 0 Å². The summed E-state index contributed by atoms with van der Waals surface area (Å²) in [6, 6.07) is 24.9. The molecule has 0 unspecified atom stereocenters. The number of aromatic nitrogens is 1. The zero-order valence-corrected chi connectivity index (χ0v) is 17.2. The molecule has 0 amide bonds. The summed E-state index contributed by atoms with van der Waals surface area (Å²) in [5, 5.41) is 2.09. The molecule has 0 bridgehead atoms. The smallest absolute Gasteiger partial charge is 0.306 e. The van der Waals surface area contributed by atoms with Gasteiger partial charge in [-0.05, 0) is 41.5 Å². The average molecular weight is 402 g/mol. The third kappa shape index (κ3) is 4.17. The Morgan fingerprint density at radius 1 is 0.897 bits per heavy atom. The fourth-order valence-electron chi connectivity index (χ4n) is 3.63. The lowest BCUT2D eigenvalue weighted by molar-refractivity contribution is -0.143. The van der Waals surface area contributed by atoms with Gasteiger partial charge in [0.2, 0.25) is 0 Å². The molecule has 0 aliphatic heterocycles. The standard InChI is InChI=1S/C25H23NO2S/c1-2-28-22(27)16-15-20-23(18-10-5-3-6-11-18)25(21-14-9-17-29-21)26-24(20)19-12-7-4-8-13-19/h3-14,17,26H,2,15-16H2,1H3. The molecular formula is C25H23NO2S. The highest BCUT2D eigenvalue weighted by atomic mass is 32.1. The van der Waals surface area contributed by atoms with Gasteiger partial charge in [-0.2, -0.15) is 0 Å². The van der Waals surface area contributed by atoms with Crippen molar-refractivity contribution in [2.45, 2.75) is 19.8 Å². The van der Waals surface area contributed by atoms with Crippen molar-refractivity contribution >= 4 is 17.3 Å². The van der Waals surface area contributed by atoms with Gasteiger partial charge in [0.1, 0.15) is 0 Å². The van der Waals surface area contributed by atoms with E-state index in [2.05, 4.69) is 58.9 Å². The van der Waals surface area contributed by atoms with Crippen molar-refractivity contribution in [3.8, 4) is 33.0 Å². The Hall–Kier alpha value is -3.11. The van der Waals surface area contributed by atoms with E-state index in [9.17, 15) is 4.79 Å². The van der Waals surface area contributed by atoms with E-state index in [1.54, 1.807) is 11.3 Å². The maximum absolute atomic E-state index is 12.1. The third-order valence-electron chi connectivity index (χ3n) is 4.88. The van der Waals surface area contributed by atoms with E-state index in [0.29, 0.717) is 19.4 Å². The zero-order chi connectivity index (χ0) is 20.1. The van der Waals surface area contributed by atoms with Crippen molar-refractivity contribution in [2.24, 2.45) is 0 Å². The van der Waals surface area contributed by atoms with Crippen LogP contribution < -0.4 is 0 Å². The van der Waals surface area contributed by atoms with Gasteiger partial charge in [0, 0.05) is 17.7 Å². The molecule has 0 fully saturated rings. The van der Waals surface area contributed by atoms with Gasteiger partial charge < -0.3 is 9.72 Å². The van der Waals surface area contributed by atoms with Crippen LogP contribution in [0.5, 0.6) is 0 Å². The minimum absolute atomic E-state index is 0.163. The topological polar surface area (TPSA) is 42.1 Å². The third-order valence-corrected chi connectivity index (χ3v) is 5.77. The quantitative estimate of drug-likeness (QED) is 0.356. The lowest BCUT2D eigenvalue weighted by Crippen LogP contribution is -2.05.